The summed E-state index contributed by atoms with van der Waals surface area (Å²) in [5, 5.41) is 16.2. The van der Waals surface area contributed by atoms with Gasteiger partial charge >= 0.3 is 0 Å². The van der Waals surface area contributed by atoms with Crippen molar-refractivity contribution in [2.75, 3.05) is 11.1 Å². The van der Waals surface area contributed by atoms with Crippen LogP contribution in [-0.2, 0) is 13.7 Å². The van der Waals surface area contributed by atoms with E-state index in [2.05, 4.69) is 10.4 Å². The Bertz CT molecular complexity index is 1340. The molecule has 0 saturated heterocycles. The van der Waals surface area contributed by atoms with Gasteiger partial charge in [-0.15, -0.1) is 0 Å². The number of Topliss-reactive ketones (excluding diaryl/α,β-unsaturated/α-hetero) is 1. The molecule has 31 heavy (non-hydrogen) atoms. The summed E-state index contributed by atoms with van der Waals surface area (Å²) >= 11 is 0. The maximum Gasteiger partial charge on any atom is 0.257 e. The molecule has 3 heterocycles. The summed E-state index contributed by atoms with van der Waals surface area (Å²) in [5.74, 6) is -1.50. The average molecular weight is 421 g/mol. The number of rotatable bonds is 5. The number of nitrogens with zero attached hydrogens (tertiary/aromatic N) is 3. The number of hydrogen-bond donors (Lipinski definition) is 3. The van der Waals surface area contributed by atoms with E-state index in [1.54, 1.807) is 36.0 Å². The van der Waals surface area contributed by atoms with Crippen LogP contribution in [0.5, 0.6) is 0 Å². The Hall–Kier alpha value is -3.98. The molecule has 4 rings (SSSR count). The van der Waals surface area contributed by atoms with E-state index in [9.17, 15) is 14.7 Å². The molecule has 1 aromatic carbocycles. The molecular weight excluding hydrogens is 401 g/mol. The lowest BCUT2D eigenvalue weighted by Crippen LogP contribution is -2.13. The smallest absolute Gasteiger partial charge is 0.257 e. The van der Waals surface area contributed by atoms with E-state index < -0.39 is 11.7 Å². The van der Waals surface area contributed by atoms with Crippen LogP contribution in [0.1, 0.15) is 33.3 Å². The number of fused-ring (bicyclic) bond motifs is 1. The first-order valence-electron chi connectivity index (χ1n) is 9.43. The van der Waals surface area contributed by atoms with Crippen molar-refractivity contribution in [3.05, 3.63) is 71.6 Å². The van der Waals surface area contributed by atoms with Gasteiger partial charge in [0.05, 0.1) is 35.3 Å². The lowest BCUT2D eigenvalue weighted by Gasteiger charge is -2.11. The van der Waals surface area contributed by atoms with Crippen LogP contribution in [0.25, 0.3) is 16.6 Å². The number of aromatic nitrogens is 3. The predicted molar refractivity (Wildman–Crippen MR) is 114 cm³/mol. The van der Waals surface area contributed by atoms with Crippen LogP contribution in [0.3, 0.4) is 0 Å². The Kier molecular flexibility index (Phi) is 5.04. The number of nitrogens with one attached hydrogen (secondary N) is 1. The van der Waals surface area contributed by atoms with Gasteiger partial charge < -0.3 is 20.6 Å². The number of pyridine rings is 1. The molecule has 0 radical (unpaired) electrons. The van der Waals surface area contributed by atoms with Crippen LogP contribution >= 0.6 is 0 Å². The zero-order valence-corrected chi connectivity index (χ0v) is 16.9. The van der Waals surface area contributed by atoms with Crippen molar-refractivity contribution in [3.63, 3.8) is 0 Å². The van der Waals surface area contributed by atoms with Gasteiger partial charge in [-0.2, -0.15) is 5.10 Å². The minimum atomic E-state index is -0.659. The summed E-state index contributed by atoms with van der Waals surface area (Å²) in [6.07, 6.45) is 4.73. The molecule has 0 spiro atoms. The number of aryl methyl sites for hydroxylation is 1. The summed E-state index contributed by atoms with van der Waals surface area (Å²) in [7, 11) is 1.70. The minimum absolute atomic E-state index is 0.0944. The second-order valence-electron chi connectivity index (χ2n) is 7.23. The van der Waals surface area contributed by atoms with Crippen molar-refractivity contribution >= 4 is 28.6 Å². The molecule has 4 N–H and O–H groups in total. The molecule has 0 saturated carbocycles. The van der Waals surface area contributed by atoms with Gasteiger partial charge in [-0.1, -0.05) is 0 Å². The fourth-order valence-corrected chi connectivity index (χ4v) is 3.49. The highest BCUT2D eigenvalue weighted by Crippen LogP contribution is 2.30. The number of benzene rings is 1. The van der Waals surface area contributed by atoms with E-state index in [1.165, 1.54) is 36.0 Å². The highest BCUT2D eigenvalue weighted by atomic mass is 19.1. The van der Waals surface area contributed by atoms with E-state index >= 15 is 4.39 Å². The van der Waals surface area contributed by atoms with Gasteiger partial charge in [0.15, 0.2) is 11.6 Å². The van der Waals surface area contributed by atoms with Crippen LogP contribution < -0.4 is 11.1 Å². The van der Waals surface area contributed by atoms with Crippen LogP contribution in [0.15, 0.2) is 48.9 Å². The number of hydrogen-bond acceptors (Lipinski definition) is 5. The summed E-state index contributed by atoms with van der Waals surface area (Å²) in [6.45, 7) is 1.06. The Morgan fingerprint density at radius 3 is 2.68 bits per heavy atom. The van der Waals surface area contributed by atoms with Gasteiger partial charge in [-0.25, -0.2) is 4.39 Å². The number of nitrogens with two attached hydrogens (primary N) is 1. The molecule has 0 aliphatic rings. The van der Waals surface area contributed by atoms with Gasteiger partial charge in [-0.3, -0.25) is 14.3 Å². The number of amides is 1. The number of aliphatic hydroxyl groups is 1. The van der Waals surface area contributed by atoms with E-state index in [4.69, 9.17) is 5.73 Å². The lowest BCUT2D eigenvalue weighted by molar-refractivity contribution is 0.101. The maximum absolute atomic E-state index is 15.3. The second-order valence-corrected chi connectivity index (χ2v) is 7.23. The molecule has 0 aliphatic carbocycles. The van der Waals surface area contributed by atoms with Gasteiger partial charge in [-0.05, 0) is 35.9 Å². The summed E-state index contributed by atoms with van der Waals surface area (Å²) in [6, 6.07) is 7.51. The van der Waals surface area contributed by atoms with Crippen molar-refractivity contribution < 1.29 is 19.1 Å². The highest BCUT2D eigenvalue weighted by Gasteiger charge is 2.21. The molecule has 0 aliphatic heterocycles. The molecule has 0 unspecified atom stereocenters. The first-order valence-corrected chi connectivity index (χ1v) is 9.43. The van der Waals surface area contributed by atoms with E-state index in [-0.39, 0.29) is 29.2 Å². The van der Waals surface area contributed by atoms with Gasteiger partial charge in [0.25, 0.3) is 5.91 Å². The zero-order valence-electron chi connectivity index (χ0n) is 16.9. The van der Waals surface area contributed by atoms with Crippen molar-refractivity contribution in [1.82, 2.24) is 14.2 Å². The lowest BCUT2D eigenvalue weighted by atomic mass is 10.0. The first kappa shape index (κ1) is 20.3. The Labute approximate surface area is 176 Å². The van der Waals surface area contributed by atoms with E-state index in [0.29, 0.717) is 28.0 Å². The van der Waals surface area contributed by atoms with E-state index in [0.717, 1.165) is 0 Å². The quantitative estimate of drug-likeness (QED) is 0.429. The van der Waals surface area contributed by atoms with Crippen molar-refractivity contribution in [2.45, 2.75) is 13.5 Å². The van der Waals surface area contributed by atoms with Crippen molar-refractivity contribution in [3.8, 4) is 11.1 Å². The molecule has 8 nitrogen and oxygen atoms in total. The molecule has 4 aromatic rings. The largest absolute Gasteiger partial charge is 0.399 e. The normalized spacial score (nSPS) is 11.1. The van der Waals surface area contributed by atoms with Gasteiger partial charge in [0, 0.05) is 43.2 Å². The van der Waals surface area contributed by atoms with E-state index in [1.807, 2.05) is 0 Å². The Morgan fingerprint density at radius 1 is 1.26 bits per heavy atom. The summed E-state index contributed by atoms with van der Waals surface area (Å²) in [4.78, 5) is 25.1. The average Bonchev–Trinajstić information content (AvgIpc) is 3.33. The molecule has 0 bridgehead atoms. The SMILES string of the molecule is CC(=O)c1cc(C(=O)Nc2cc(CO)cc(-c3cnn(C)c3)c2F)c2cc(N)ccn12. The molecule has 1 amide bonds. The van der Waals surface area contributed by atoms with Crippen LogP contribution in [-0.4, -0.2) is 31.0 Å². The van der Waals surface area contributed by atoms with Crippen molar-refractivity contribution in [2.24, 2.45) is 7.05 Å². The number of nitrogen functional groups attached to an aromatic ring is 1. The van der Waals surface area contributed by atoms with Gasteiger partial charge in [0.1, 0.15) is 0 Å². The number of aliphatic hydroxyl groups excluding tert-OH is 1. The molecule has 158 valence electrons. The zero-order chi connectivity index (χ0) is 22.3. The number of carbonyl (C=O) groups excluding carboxylic acids is 2. The summed E-state index contributed by atoms with van der Waals surface area (Å²) < 4.78 is 18.4. The van der Waals surface area contributed by atoms with Crippen molar-refractivity contribution in [1.29, 1.82) is 0 Å². The first-order chi connectivity index (χ1) is 14.8. The topological polar surface area (TPSA) is 115 Å². The highest BCUT2D eigenvalue weighted by molar-refractivity contribution is 6.11. The monoisotopic (exact) mass is 421 g/mol. The Balaban J connectivity index is 1.79. The summed E-state index contributed by atoms with van der Waals surface area (Å²) in [5.41, 5.74) is 8.21. The number of halogens is 1. The predicted octanol–water partition coefficient (Wildman–Crippen LogP) is 3.01. The molecular formula is C22H20FN5O3. The fraction of sp³-hybridized carbons (Fsp3) is 0.136. The molecule has 0 fully saturated rings. The standard InChI is InChI=1S/C22H20FN5O3/c1-12(30)19-8-17(20-7-15(24)3-4-28(19)20)22(31)26-18-6-13(11-29)5-16(21(18)23)14-9-25-27(2)10-14/h3-10,29H,11,24H2,1-2H3,(H,26,31). The second kappa shape index (κ2) is 7.69. The minimum Gasteiger partial charge on any atom is -0.399 e. The van der Waals surface area contributed by atoms with Crippen LogP contribution in [0.2, 0.25) is 0 Å². The number of anilines is 2. The van der Waals surface area contributed by atoms with Crippen LogP contribution in [0, 0.1) is 5.82 Å². The molecule has 3 aromatic heterocycles. The third-order valence-corrected chi connectivity index (χ3v) is 4.98. The van der Waals surface area contributed by atoms with Crippen LogP contribution in [0.4, 0.5) is 15.8 Å². The van der Waals surface area contributed by atoms with Gasteiger partial charge in [0.2, 0.25) is 0 Å². The number of carbonyl (C=O) groups is 2. The fourth-order valence-electron chi connectivity index (χ4n) is 3.49. The third kappa shape index (κ3) is 3.66. The molecule has 9 heteroatoms. The maximum atomic E-state index is 15.3. The molecule has 0 atom stereocenters. The number of ketones is 1. The third-order valence-electron chi connectivity index (χ3n) is 4.98. The Morgan fingerprint density at radius 2 is 2.03 bits per heavy atom.